The summed E-state index contributed by atoms with van der Waals surface area (Å²) in [5.74, 6) is -1.57. The van der Waals surface area contributed by atoms with Gasteiger partial charge in [-0.25, -0.2) is 4.39 Å². The van der Waals surface area contributed by atoms with Gasteiger partial charge in [0.25, 0.3) is 0 Å². The molecule has 6 heteroatoms. The molecule has 2 unspecified atom stereocenters. The zero-order valence-electron chi connectivity index (χ0n) is 13.3. The molecule has 0 saturated heterocycles. The molecule has 2 aromatic carbocycles. The first-order chi connectivity index (χ1) is 11.5. The summed E-state index contributed by atoms with van der Waals surface area (Å²) in [5.41, 5.74) is 1.83. The number of hydrogen-bond acceptors (Lipinski definition) is 4. The number of nitrogens with zero attached hydrogens (tertiary/aromatic N) is 2. The molecule has 1 aliphatic rings. The molecule has 0 fully saturated rings. The molecule has 1 N–H and O–H groups in total. The molecule has 1 heterocycles. The maximum atomic E-state index is 13.3. The van der Waals surface area contributed by atoms with Gasteiger partial charge in [0.15, 0.2) is 0 Å². The highest BCUT2D eigenvalue weighted by Crippen LogP contribution is 2.42. The number of hydrogen-bond donors (Lipinski definition) is 1. The molecule has 24 heavy (non-hydrogen) atoms. The Labute approximate surface area is 139 Å². The van der Waals surface area contributed by atoms with Crippen LogP contribution in [0.5, 0.6) is 5.75 Å². The Bertz CT molecular complexity index is 789. The molecule has 0 aliphatic carbocycles. The fourth-order valence-electron chi connectivity index (χ4n) is 2.99. The summed E-state index contributed by atoms with van der Waals surface area (Å²) >= 11 is 0. The third-order valence-corrected chi connectivity index (χ3v) is 4.10. The second kappa shape index (κ2) is 6.31. The number of benzene rings is 2. The highest BCUT2D eigenvalue weighted by atomic mass is 19.1. The number of halogens is 1. The van der Waals surface area contributed by atoms with Crippen LogP contribution < -0.4 is 9.75 Å². The van der Waals surface area contributed by atoms with Crippen molar-refractivity contribution >= 4 is 17.4 Å². The lowest BCUT2D eigenvalue weighted by atomic mass is 9.90. The second-order valence-electron chi connectivity index (χ2n) is 5.57. The molecule has 0 amide bonds. The number of rotatable bonds is 4. The number of para-hydroxylation sites is 2. The van der Waals surface area contributed by atoms with Crippen molar-refractivity contribution in [2.75, 3.05) is 12.1 Å². The second-order valence-corrected chi connectivity index (χ2v) is 5.57. The van der Waals surface area contributed by atoms with Gasteiger partial charge in [-0.1, -0.05) is 24.3 Å². The molecular weight excluding hydrogens is 311 g/mol. The maximum Gasteiger partial charge on any atom is 0.314 e. The summed E-state index contributed by atoms with van der Waals surface area (Å²) in [6, 6.07) is 12.5. The predicted octanol–water partition coefficient (Wildman–Crippen LogP) is 3.47. The topological polar surface area (TPSA) is 62.1 Å². The summed E-state index contributed by atoms with van der Waals surface area (Å²) in [6.07, 6.45) is 0. The van der Waals surface area contributed by atoms with Gasteiger partial charge < -0.3 is 9.84 Å². The van der Waals surface area contributed by atoms with Crippen molar-refractivity contribution in [1.82, 2.24) is 0 Å². The van der Waals surface area contributed by atoms with Crippen LogP contribution in [0, 0.1) is 11.7 Å². The first-order valence-electron chi connectivity index (χ1n) is 7.48. The maximum absolute atomic E-state index is 13.3. The van der Waals surface area contributed by atoms with E-state index in [9.17, 15) is 14.3 Å². The lowest BCUT2D eigenvalue weighted by Gasteiger charge is -2.27. The number of methoxy groups -OCH3 is 1. The minimum atomic E-state index is -0.969. The molecular formula is C18H17FN2O3. The number of ether oxygens (including phenoxy) is 1. The van der Waals surface area contributed by atoms with Crippen LogP contribution in [0.25, 0.3) is 0 Å². The van der Waals surface area contributed by atoms with E-state index < -0.39 is 17.9 Å². The lowest BCUT2D eigenvalue weighted by Crippen LogP contribution is -2.30. The van der Waals surface area contributed by atoms with Crippen molar-refractivity contribution < 1.29 is 19.0 Å². The van der Waals surface area contributed by atoms with Gasteiger partial charge in [-0.2, -0.15) is 5.10 Å². The summed E-state index contributed by atoms with van der Waals surface area (Å²) in [5, 5.41) is 15.7. The Morgan fingerprint density at radius 3 is 2.50 bits per heavy atom. The Balaban J connectivity index is 2.12. The lowest BCUT2D eigenvalue weighted by molar-refractivity contribution is -0.139. The van der Waals surface area contributed by atoms with E-state index in [0.29, 0.717) is 22.7 Å². The Hall–Kier alpha value is -2.89. The number of carboxylic acids is 1. The third-order valence-electron chi connectivity index (χ3n) is 4.10. The molecule has 2 atom stereocenters. The van der Waals surface area contributed by atoms with Crippen LogP contribution in [-0.4, -0.2) is 23.9 Å². The van der Waals surface area contributed by atoms with Crippen LogP contribution >= 0.6 is 0 Å². The first kappa shape index (κ1) is 16.0. The van der Waals surface area contributed by atoms with Crippen molar-refractivity contribution in [2.45, 2.75) is 13.0 Å². The highest BCUT2D eigenvalue weighted by Gasteiger charge is 2.42. The summed E-state index contributed by atoms with van der Waals surface area (Å²) in [6.45, 7) is 1.69. The van der Waals surface area contributed by atoms with Crippen LogP contribution in [0.15, 0.2) is 53.6 Å². The van der Waals surface area contributed by atoms with E-state index in [-0.39, 0.29) is 5.82 Å². The van der Waals surface area contributed by atoms with Gasteiger partial charge in [0, 0.05) is 0 Å². The monoisotopic (exact) mass is 328 g/mol. The predicted molar refractivity (Wildman–Crippen MR) is 88.8 cm³/mol. The fraction of sp³-hybridized carbons (Fsp3) is 0.222. The Morgan fingerprint density at radius 2 is 1.88 bits per heavy atom. The molecule has 3 rings (SSSR count). The molecule has 0 aromatic heterocycles. The van der Waals surface area contributed by atoms with Crippen LogP contribution in [-0.2, 0) is 4.79 Å². The molecule has 5 nitrogen and oxygen atoms in total. The molecule has 2 aromatic rings. The Morgan fingerprint density at radius 1 is 1.21 bits per heavy atom. The van der Waals surface area contributed by atoms with E-state index in [1.807, 2.05) is 18.2 Å². The van der Waals surface area contributed by atoms with Gasteiger partial charge in [-0.15, -0.1) is 0 Å². The van der Waals surface area contributed by atoms with Gasteiger partial charge in [-0.3, -0.25) is 9.80 Å². The van der Waals surface area contributed by atoms with Gasteiger partial charge in [0.05, 0.1) is 18.9 Å². The van der Waals surface area contributed by atoms with E-state index in [0.717, 1.165) is 0 Å². The minimum absolute atomic E-state index is 0.370. The van der Waals surface area contributed by atoms with Gasteiger partial charge in [0.1, 0.15) is 23.2 Å². The molecule has 1 aliphatic heterocycles. The molecule has 0 saturated carbocycles. The number of aliphatic carboxylic acids is 1. The third kappa shape index (κ3) is 2.71. The highest BCUT2D eigenvalue weighted by molar-refractivity contribution is 6.04. The standard InChI is InChI=1S/C18H17FN2O3/c1-11-16(18(22)23)17(12-7-9-13(19)10-8-12)21(20-11)14-5-3-4-6-15(14)24-2/h3-10,16-17H,1-2H3,(H,22,23). The van der Waals surface area contributed by atoms with Crippen molar-refractivity contribution in [3.63, 3.8) is 0 Å². The molecule has 0 bridgehead atoms. The fourth-order valence-corrected chi connectivity index (χ4v) is 2.99. The zero-order chi connectivity index (χ0) is 17.3. The quantitative estimate of drug-likeness (QED) is 0.933. The minimum Gasteiger partial charge on any atom is -0.495 e. The number of anilines is 1. The van der Waals surface area contributed by atoms with Crippen LogP contribution in [0.1, 0.15) is 18.5 Å². The van der Waals surface area contributed by atoms with E-state index in [2.05, 4.69) is 5.10 Å². The largest absolute Gasteiger partial charge is 0.495 e. The van der Waals surface area contributed by atoms with Crippen molar-refractivity contribution in [3.05, 3.63) is 59.9 Å². The summed E-state index contributed by atoms with van der Waals surface area (Å²) < 4.78 is 18.6. The number of carbonyl (C=O) groups is 1. The SMILES string of the molecule is COc1ccccc1N1N=C(C)C(C(=O)O)C1c1ccc(F)cc1. The summed E-state index contributed by atoms with van der Waals surface area (Å²) in [7, 11) is 1.55. The molecule has 0 spiro atoms. The number of hydrazone groups is 1. The van der Waals surface area contributed by atoms with E-state index >= 15 is 0 Å². The number of carboxylic acid groups (broad SMARTS) is 1. The smallest absolute Gasteiger partial charge is 0.314 e. The van der Waals surface area contributed by atoms with Gasteiger partial charge >= 0.3 is 5.97 Å². The first-order valence-corrected chi connectivity index (χ1v) is 7.48. The molecule has 0 radical (unpaired) electrons. The van der Waals surface area contributed by atoms with Crippen LogP contribution in [0.3, 0.4) is 0 Å². The average molecular weight is 328 g/mol. The molecule has 124 valence electrons. The van der Waals surface area contributed by atoms with Gasteiger partial charge in [-0.05, 0) is 36.8 Å². The van der Waals surface area contributed by atoms with E-state index in [1.54, 1.807) is 37.2 Å². The van der Waals surface area contributed by atoms with E-state index in [1.165, 1.54) is 12.1 Å². The normalized spacial score (nSPS) is 20.0. The average Bonchev–Trinajstić information content (AvgIpc) is 2.92. The van der Waals surface area contributed by atoms with E-state index in [4.69, 9.17) is 4.74 Å². The summed E-state index contributed by atoms with van der Waals surface area (Å²) in [4.78, 5) is 11.8. The van der Waals surface area contributed by atoms with Gasteiger partial charge in [0.2, 0.25) is 0 Å². The van der Waals surface area contributed by atoms with Crippen molar-refractivity contribution in [2.24, 2.45) is 11.0 Å². The van der Waals surface area contributed by atoms with Crippen LogP contribution in [0.4, 0.5) is 10.1 Å². The zero-order valence-corrected chi connectivity index (χ0v) is 13.3. The Kier molecular flexibility index (Phi) is 4.20. The van der Waals surface area contributed by atoms with Crippen molar-refractivity contribution in [3.8, 4) is 5.75 Å². The van der Waals surface area contributed by atoms with Crippen LogP contribution in [0.2, 0.25) is 0 Å². The van der Waals surface area contributed by atoms with Crippen molar-refractivity contribution in [1.29, 1.82) is 0 Å².